The van der Waals surface area contributed by atoms with Crippen molar-refractivity contribution in [1.29, 1.82) is 0 Å². The zero-order valence-corrected chi connectivity index (χ0v) is 14.0. The molecule has 0 radical (unpaired) electrons. The molecule has 1 amide bonds. The summed E-state index contributed by atoms with van der Waals surface area (Å²) in [5.74, 6) is 0.450. The first kappa shape index (κ1) is 17.6. The first-order chi connectivity index (χ1) is 12.6. The van der Waals surface area contributed by atoms with E-state index in [1.54, 1.807) is 30.5 Å². The predicted octanol–water partition coefficient (Wildman–Crippen LogP) is 2.48. The number of aromatic nitrogens is 1. The Morgan fingerprint density at radius 1 is 1.23 bits per heavy atom. The molecule has 8 heteroatoms. The van der Waals surface area contributed by atoms with Crippen LogP contribution >= 0.6 is 0 Å². The van der Waals surface area contributed by atoms with Crippen molar-refractivity contribution in [2.75, 3.05) is 36.5 Å². The van der Waals surface area contributed by atoms with E-state index in [4.69, 9.17) is 4.74 Å². The molecule has 2 aromatic rings. The molecule has 3 rings (SSSR count). The molecular weight excluding hydrogens is 336 g/mol. The first-order valence-electron chi connectivity index (χ1n) is 8.15. The summed E-state index contributed by atoms with van der Waals surface area (Å²) in [6.45, 7) is 2.93. The van der Waals surface area contributed by atoms with Crippen LogP contribution in [0.15, 0.2) is 48.7 Å². The highest BCUT2D eigenvalue weighted by molar-refractivity contribution is 6.02. The van der Waals surface area contributed by atoms with Crippen molar-refractivity contribution in [2.45, 2.75) is 0 Å². The van der Waals surface area contributed by atoms with Crippen molar-refractivity contribution in [3.8, 4) is 0 Å². The van der Waals surface area contributed by atoms with Gasteiger partial charge in [0, 0.05) is 25.2 Å². The van der Waals surface area contributed by atoms with Crippen LogP contribution in [0.25, 0.3) is 6.08 Å². The Morgan fingerprint density at radius 3 is 2.69 bits per heavy atom. The van der Waals surface area contributed by atoms with Crippen LogP contribution < -0.4 is 10.2 Å². The van der Waals surface area contributed by atoms with E-state index in [0.717, 1.165) is 18.9 Å². The number of nitrogens with one attached hydrogen (secondary N) is 1. The number of ether oxygens (including phenoxy) is 1. The van der Waals surface area contributed by atoms with Gasteiger partial charge in [0.2, 0.25) is 5.91 Å². The Kier molecular flexibility index (Phi) is 5.55. The van der Waals surface area contributed by atoms with E-state index >= 15 is 0 Å². The number of nitrogens with zero attached hydrogens (tertiary/aromatic N) is 3. The number of rotatable bonds is 5. The molecule has 1 aromatic carbocycles. The maximum atomic E-state index is 12.0. The second-order valence-electron chi connectivity index (χ2n) is 5.64. The fourth-order valence-corrected chi connectivity index (χ4v) is 2.58. The largest absolute Gasteiger partial charge is 0.378 e. The fraction of sp³-hybridized carbons (Fsp3) is 0.222. The number of hydrogen-bond donors (Lipinski definition) is 1. The van der Waals surface area contributed by atoms with Gasteiger partial charge in [-0.1, -0.05) is 12.1 Å². The average molecular weight is 354 g/mol. The number of nitro benzene ring substituents is 1. The number of pyridine rings is 1. The van der Waals surface area contributed by atoms with E-state index in [0.29, 0.717) is 24.5 Å². The van der Waals surface area contributed by atoms with E-state index in [1.165, 1.54) is 18.2 Å². The Balaban J connectivity index is 1.62. The number of morpholine rings is 1. The second-order valence-corrected chi connectivity index (χ2v) is 5.64. The molecule has 0 atom stereocenters. The monoisotopic (exact) mass is 354 g/mol. The highest BCUT2D eigenvalue weighted by atomic mass is 16.6. The fourth-order valence-electron chi connectivity index (χ4n) is 2.58. The minimum absolute atomic E-state index is 0.0481. The Hall–Kier alpha value is -3.26. The smallest absolute Gasteiger partial charge is 0.276 e. The SMILES string of the molecule is O=C(/C=C/c1ccccc1[N+](=O)[O-])Nc1ccc(N2CCOCC2)nc1. The molecule has 8 nitrogen and oxygen atoms in total. The Bertz CT molecular complexity index is 814. The molecule has 0 spiro atoms. The van der Waals surface area contributed by atoms with Crippen LogP contribution in [0.3, 0.4) is 0 Å². The van der Waals surface area contributed by atoms with E-state index < -0.39 is 4.92 Å². The second kappa shape index (κ2) is 8.21. The molecule has 2 heterocycles. The van der Waals surface area contributed by atoms with Gasteiger partial charge in [-0.25, -0.2) is 4.98 Å². The first-order valence-corrected chi connectivity index (χ1v) is 8.15. The molecule has 0 unspecified atom stereocenters. The number of anilines is 2. The van der Waals surface area contributed by atoms with Crippen LogP contribution in [0.4, 0.5) is 17.2 Å². The quantitative estimate of drug-likeness (QED) is 0.503. The molecule has 134 valence electrons. The number of carbonyl (C=O) groups excluding carboxylic acids is 1. The van der Waals surface area contributed by atoms with Crippen molar-refractivity contribution < 1.29 is 14.5 Å². The third-order valence-corrected chi connectivity index (χ3v) is 3.90. The average Bonchev–Trinajstić information content (AvgIpc) is 2.68. The molecule has 1 aliphatic rings. The molecule has 1 aromatic heterocycles. The van der Waals surface area contributed by atoms with Crippen LogP contribution in [0.2, 0.25) is 0 Å². The van der Waals surface area contributed by atoms with E-state index in [1.807, 2.05) is 6.07 Å². The lowest BCUT2D eigenvalue weighted by Crippen LogP contribution is -2.36. The number of para-hydroxylation sites is 1. The number of nitro groups is 1. The summed E-state index contributed by atoms with van der Waals surface area (Å²) < 4.78 is 5.31. The van der Waals surface area contributed by atoms with Gasteiger partial charge >= 0.3 is 0 Å². The van der Waals surface area contributed by atoms with Gasteiger partial charge in [-0.3, -0.25) is 14.9 Å². The van der Waals surface area contributed by atoms with Gasteiger partial charge in [-0.15, -0.1) is 0 Å². The van der Waals surface area contributed by atoms with Crippen LogP contribution in [0.5, 0.6) is 0 Å². The van der Waals surface area contributed by atoms with Gasteiger partial charge in [-0.2, -0.15) is 0 Å². The van der Waals surface area contributed by atoms with Gasteiger partial charge in [0.05, 0.1) is 35.6 Å². The standard InChI is InChI=1S/C18H18N4O4/c23-18(8-5-14-3-1-2-4-16(14)22(24)25)20-15-6-7-17(19-13-15)21-9-11-26-12-10-21/h1-8,13H,9-12H2,(H,20,23)/b8-5+. The minimum atomic E-state index is -0.480. The normalized spacial score (nSPS) is 14.4. The van der Waals surface area contributed by atoms with E-state index in [-0.39, 0.29) is 11.6 Å². The van der Waals surface area contributed by atoms with Gasteiger partial charge < -0.3 is 15.0 Å². The predicted molar refractivity (Wildman–Crippen MR) is 98.0 cm³/mol. The highest BCUT2D eigenvalue weighted by Crippen LogP contribution is 2.19. The minimum Gasteiger partial charge on any atom is -0.378 e. The number of amides is 1. The third-order valence-electron chi connectivity index (χ3n) is 3.90. The summed E-state index contributed by atoms with van der Waals surface area (Å²) in [5, 5.41) is 13.7. The maximum Gasteiger partial charge on any atom is 0.276 e. The van der Waals surface area contributed by atoms with Crippen molar-refractivity contribution >= 4 is 29.2 Å². The zero-order chi connectivity index (χ0) is 18.4. The molecule has 1 aliphatic heterocycles. The number of carbonyl (C=O) groups is 1. The summed E-state index contributed by atoms with van der Waals surface area (Å²) in [6, 6.07) is 9.85. The van der Waals surface area contributed by atoms with Crippen molar-refractivity contribution in [1.82, 2.24) is 4.98 Å². The van der Waals surface area contributed by atoms with Crippen LogP contribution in [0, 0.1) is 10.1 Å². The molecule has 0 aliphatic carbocycles. The topological polar surface area (TPSA) is 97.6 Å². The molecular formula is C18H18N4O4. The summed E-state index contributed by atoms with van der Waals surface area (Å²) in [4.78, 5) is 29.0. The lowest BCUT2D eigenvalue weighted by atomic mass is 10.1. The zero-order valence-electron chi connectivity index (χ0n) is 14.0. The van der Waals surface area contributed by atoms with Crippen LogP contribution in [0.1, 0.15) is 5.56 Å². The molecule has 0 bridgehead atoms. The molecule has 1 N–H and O–H groups in total. The summed E-state index contributed by atoms with van der Waals surface area (Å²) in [5.41, 5.74) is 0.876. The summed E-state index contributed by atoms with van der Waals surface area (Å²) >= 11 is 0. The van der Waals surface area contributed by atoms with E-state index in [9.17, 15) is 14.9 Å². The number of benzene rings is 1. The van der Waals surface area contributed by atoms with E-state index in [2.05, 4.69) is 15.2 Å². The number of hydrogen-bond acceptors (Lipinski definition) is 6. The molecule has 0 saturated carbocycles. The Labute approximate surface area is 150 Å². The lowest BCUT2D eigenvalue weighted by molar-refractivity contribution is -0.385. The maximum absolute atomic E-state index is 12.0. The molecule has 1 fully saturated rings. The third kappa shape index (κ3) is 4.42. The van der Waals surface area contributed by atoms with Crippen molar-refractivity contribution in [3.05, 3.63) is 64.3 Å². The van der Waals surface area contributed by atoms with Crippen LogP contribution in [-0.2, 0) is 9.53 Å². The van der Waals surface area contributed by atoms with Crippen molar-refractivity contribution in [2.24, 2.45) is 0 Å². The summed E-state index contributed by atoms with van der Waals surface area (Å²) in [7, 11) is 0. The van der Waals surface area contributed by atoms with Gasteiger partial charge in [0.25, 0.3) is 5.69 Å². The lowest BCUT2D eigenvalue weighted by Gasteiger charge is -2.27. The van der Waals surface area contributed by atoms with Gasteiger partial charge in [0.15, 0.2) is 0 Å². The molecule has 1 saturated heterocycles. The van der Waals surface area contributed by atoms with Gasteiger partial charge in [0.1, 0.15) is 5.82 Å². The van der Waals surface area contributed by atoms with Gasteiger partial charge in [-0.05, 0) is 24.3 Å². The molecule has 26 heavy (non-hydrogen) atoms. The highest BCUT2D eigenvalue weighted by Gasteiger charge is 2.12. The Morgan fingerprint density at radius 2 is 2.00 bits per heavy atom. The summed E-state index contributed by atoms with van der Waals surface area (Å²) in [6.07, 6.45) is 4.27. The van der Waals surface area contributed by atoms with Crippen LogP contribution in [-0.4, -0.2) is 42.1 Å². The van der Waals surface area contributed by atoms with Crippen molar-refractivity contribution in [3.63, 3.8) is 0 Å².